The molecule has 16 heteroatoms. The van der Waals surface area contributed by atoms with Crippen LogP contribution in [-0.2, 0) is 40.3 Å². The first kappa shape index (κ1) is 38.6. The number of carbonyl (C=O) groups excluding carboxylic acids is 5. The SMILES string of the molecule is C=C[C@H]1C[C@@]1(NC(=O)[C@@H]1C[C@@H]2CN1C(=O)[C@H](C(C)(C)C)NC(=O)OCCCC/C=C/Cc1cc(OC)ccc1NC(=O)O2)C(=O)NS(=O)(=O)C1CC1. The molecule has 284 valence electrons. The maximum Gasteiger partial charge on any atom is 0.411 e. The molecule has 3 fully saturated rings. The lowest BCUT2D eigenvalue weighted by molar-refractivity contribution is -0.142. The van der Waals surface area contributed by atoms with Crippen LogP contribution in [0.25, 0.3) is 0 Å². The number of allylic oxidation sites excluding steroid dienone is 2. The molecule has 1 aromatic carbocycles. The number of amides is 5. The normalized spacial score (nSPS) is 28.1. The minimum Gasteiger partial charge on any atom is -0.497 e. The summed E-state index contributed by atoms with van der Waals surface area (Å²) in [5.74, 6) is -2.21. The fourth-order valence-corrected chi connectivity index (χ4v) is 7.87. The molecule has 52 heavy (non-hydrogen) atoms. The number of cyclic esters (lactones) is 1. The third kappa shape index (κ3) is 9.06. The predicted molar refractivity (Wildman–Crippen MR) is 191 cm³/mol. The summed E-state index contributed by atoms with van der Waals surface area (Å²) in [7, 11) is -2.38. The van der Waals surface area contributed by atoms with Crippen molar-refractivity contribution in [3.05, 3.63) is 48.6 Å². The van der Waals surface area contributed by atoms with Crippen LogP contribution in [0.5, 0.6) is 5.75 Å². The molecular weight excluding hydrogens is 694 g/mol. The van der Waals surface area contributed by atoms with Gasteiger partial charge in [-0.15, -0.1) is 6.58 Å². The quantitative estimate of drug-likeness (QED) is 0.301. The monoisotopic (exact) mass is 743 g/mol. The third-order valence-corrected chi connectivity index (χ3v) is 11.6. The number of ether oxygens (including phenoxy) is 3. The van der Waals surface area contributed by atoms with Gasteiger partial charge in [-0.05, 0) is 74.1 Å². The average Bonchev–Trinajstić information content (AvgIpc) is 4.01. The van der Waals surface area contributed by atoms with E-state index in [4.69, 9.17) is 14.2 Å². The van der Waals surface area contributed by atoms with Crippen LogP contribution in [0, 0.1) is 11.3 Å². The molecule has 5 rings (SSSR count). The lowest BCUT2D eigenvalue weighted by Gasteiger charge is -2.35. The fourth-order valence-electron chi connectivity index (χ4n) is 6.50. The van der Waals surface area contributed by atoms with E-state index in [9.17, 15) is 32.4 Å². The Hall–Kier alpha value is -4.60. The van der Waals surface area contributed by atoms with Crippen molar-refractivity contribution in [3.8, 4) is 5.75 Å². The van der Waals surface area contributed by atoms with Crippen molar-refractivity contribution in [1.82, 2.24) is 20.3 Å². The van der Waals surface area contributed by atoms with Crippen molar-refractivity contribution in [1.29, 1.82) is 0 Å². The molecule has 0 spiro atoms. The van der Waals surface area contributed by atoms with Gasteiger partial charge < -0.3 is 29.7 Å². The molecule has 2 aliphatic heterocycles. The van der Waals surface area contributed by atoms with Crippen molar-refractivity contribution in [3.63, 3.8) is 0 Å². The minimum absolute atomic E-state index is 0.106. The van der Waals surface area contributed by atoms with Gasteiger partial charge in [0.2, 0.25) is 21.8 Å². The molecule has 0 radical (unpaired) electrons. The second-order valence-corrected chi connectivity index (χ2v) is 16.8. The highest BCUT2D eigenvalue weighted by atomic mass is 32.2. The summed E-state index contributed by atoms with van der Waals surface area (Å²) in [5.41, 5.74) is -1.18. The van der Waals surface area contributed by atoms with Gasteiger partial charge in [0.15, 0.2) is 0 Å². The van der Waals surface area contributed by atoms with E-state index in [1.807, 2.05) is 12.2 Å². The molecule has 1 aromatic rings. The zero-order valence-electron chi connectivity index (χ0n) is 30.1. The molecule has 0 unspecified atom stereocenters. The average molecular weight is 744 g/mol. The van der Waals surface area contributed by atoms with Crippen LogP contribution in [0.1, 0.15) is 71.3 Å². The maximum atomic E-state index is 14.3. The van der Waals surface area contributed by atoms with Crippen LogP contribution < -0.4 is 25.4 Å². The van der Waals surface area contributed by atoms with Crippen LogP contribution in [0.4, 0.5) is 15.3 Å². The number of alkyl carbamates (subject to hydrolysis) is 1. The van der Waals surface area contributed by atoms with Gasteiger partial charge in [-0.2, -0.15) is 0 Å². The van der Waals surface area contributed by atoms with Gasteiger partial charge in [-0.25, -0.2) is 18.0 Å². The molecule has 4 N–H and O–H groups in total. The van der Waals surface area contributed by atoms with Gasteiger partial charge in [0.1, 0.15) is 29.5 Å². The standard InChI is InChI=1S/C36H49N5O10S/c1-6-23-20-36(23,32(44)40-52(47,48)26-14-15-26)39-30(42)28-19-25-21-41(28)31(43)29(35(2,3)4)38-33(45)50-17-11-9-7-8-10-12-22-18-24(49-5)13-16-27(22)37-34(46)51-25/h6,8,10,13,16,18,23,25-26,28-29H,1,7,9,11-12,14-15,17,19-21H2,2-5H3,(H,37,46)(H,38,45)(H,39,42)(H,40,44)/b10-8+/t23-,25+,28-,29+,36-/m0/s1. The van der Waals surface area contributed by atoms with E-state index in [0.29, 0.717) is 37.1 Å². The van der Waals surface area contributed by atoms with Crippen LogP contribution in [0.3, 0.4) is 0 Å². The molecule has 1 saturated heterocycles. The van der Waals surface area contributed by atoms with Crippen molar-refractivity contribution >= 4 is 45.6 Å². The Labute approximate surface area is 304 Å². The highest BCUT2D eigenvalue weighted by molar-refractivity contribution is 7.91. The highest BCUT2D eigenvalue weighted by Crippen LogP contribution is 2.45. The smallest absolute Gasteiger partial charge is 0.411 e. The number of anilines is 1. The Kier molecular flexibility index (Phi) is 11.6. The Morgan fingerprint density at radius 3 is 2.52 bits per heavy atom. The maximum absolute atomic E-state index is 14.3. The summed E-state index contributed by atoms with van der Waals surface area (Å²) in [6.45, 7) is 8.91. The summed E-state index contributed by atoms with van der Waals surface area (Å²) in [6.07, 6.45) is 6.26. The second kappa shape index (κ2) is 15.6. The number of fused-ring (bicyclic) bond motifs is 3. The molecule has 0 aromatic heterocycles. The number of benzene rings is 1. The number of nitrogens with zero attached hydrogens (tertiary/aromatic N) is 1. The summed E-state index contributed by atoms with van der Waals surface area (Å²) < 4.78 is 43.9. The predicted octanol–water partition coefficient (Wildman–Crippen LogP) is 3.31. The first-order valence-corrected chi connectivity index (χ1v) is 19.2. The van der Waals surface area contributed by atoms with Crippen molar-refractivity contribution in [2.45, 2.75) is 101 Å². The van der Waals surface area contributed by atoms with Crippen molar-refractivity contribution in [2.75, 3.05) is 25.6 Å². The molecule has 15 nitrogen and oxygen atoms in total. The first-order valence-electron chi connectivity index (χ1n) is 17.6. The summed E-state index contributed by atoms with van der Waals surface area (Å²) in [6, 6.07) is 2.80. The molecular formula is C36H49N5O10S. The van der Waals surface area contributed by atoms with Crippen molar-refractivity contribution < 1.29 is 46.6 Å². The van der Waals surface area contributed by atoms with E-state index < -0.39 is 80.2 Å². The topological polar surface area (TPSA) is 199 Å². The van der Waals surface area contributed by atoms with Gasteiger partial charge in [-0.1, -0.05) is 39.0 Å². The second-order valence-electron chi connectivity index (χ2n) is 14.9. The zero-order chi connectivity index (χ0) is 37.8. The van der Waals surface area contributed by atoms with Crippen LogP contribution in [-0.4, -0.2) is 92.5 Å². The van der Waals surface area contributed by atoms with Gasteiger partial charge in [0, 0.05) is 18.0 Å². The van der Waals surface area contributed by atoms with Gasteiger partial charge in [0.05, 0.1) is 25.5 Å². The Balaban J connectivity index is 1.43. The molecule has 4 aliphatic rings. The third-order valence-electron chi connectivity index (χ3n) is 9.80. The molecule has 2 aliphatic carbocycles. The fraction of sp³-hybridized carbons (Fsp3) is 0.583. The molecule has 2 heterocycles. The largest absolute Gasteiger partial charge is 0.497 e. The summed E-state index contributed by atoms with van der Waals surface area (Å²) in [4.78, 5) is 69.3. The number of carbonyl (C=O) groups is 5. The Morgan fingerprint density at radius 1 is 1.12 bits per heavy atom. The van der Waals surface area contributed by atoms with E-state index in [2.05, 4.69) is 27.3 Å². The van der Waals surface area contributed by atoms with E-state index in [0.717, 1.165) is 18.4 Å². The minimum atomic E-state index is -3.92. The Bertz CT molecular complexity index is 1720. The Morgan fingerprint density at radius 2 is 1.87 bits per heavy atom. The van der Waals surface area contributed by atoms with Gasteiger partial charge in [0.25, 0.3) is 5.91 Å². The van der Waals surface area contributed by atoms with Gasteiger partial charge >= 0.3 is 12.2 Å². The van der Waals surface area contributed by atoms with Crippen LogP contribution >= 0.6 is 0 Å². The lowest BCUT2D eigenvalue weighted by atomic mass is 9.85. The summed E-state index contributed by atoms with van der Waals surface area (Å²) in [5, 5.41) is 7.49. The van der Waals surface area contributed by atoms with Gasteiger partial charge in [-0.3, -0.25) is 24.4 Å². The van der Waals surface area contributed by atoms with E-state index in [-0.39, 0.29) is 26.0 Å². The number of methoxy groups -OCH3 is 1. The molecule has 2 saturated carbocycles. The molecule has 2 bridgehead atoms. The van der Waals surface area contributed by atoms with Crippen molar-refractivity contribution in [2.24, 2.45) is 11.3 Å². The van der Waals surface area contributed by atoms with Crippen LogP contribution in [0.2, 0.25) is 0 Å². The van der Waals surface area contributed by atoms with E-state index >= 15 is 0 Å². The van der Waals surface area contributed by atoms with Crippen LogP contribution in [0.15, 0.2) is 43.0 Å². The highest BCUT2D eigenvalue weighted by Gasteiger charge is 2.62. The summed E-state index contributed by atoms with van der Waals surface area (Å²) >= 11 is 0. The first-order chi connectivity index (χ1) is 24.6. The number of nitrogens with one attached hydrogen (secondary N) is 4. The number of hydrogen-bond acceptors (Lipinski definition) is 10. The number of hydrogen-bond donors (Lipinski definition) is 4. The zero-order valence-corrected chi connectivity index (χ0v) is 30.9. The van der Waals surface area contributed by atoms with E-state index in [1.165, 1.54) is 11.0 Å². The van der Waals surface area contributed by atoms with E-state index in [1.54, 1.807) is 46.1 Å². The number of rotatable bonds is 7. The number of sulfonamides is 1. The molecule has 5 amide bonds. The lowest BCUT2D eigenvalue weighted by Crippen LogP contribution is -2.60. The molecule has 5 atom stereocenters.